The lowest BCUT2D eigenvalue weighted by Gasteiger charge is -2.04. The van der Waals surface area contributed by atoms with Crippen LogP contribution in [-0.4, -0.2) is 16.0 Å². The molecular weight excluding hydrogens is 457 g/mol. The Balaban J connectivity index is 1.78. The van der Waals surface area contributed by atoms with E-state index in [1.165, 1.54) is 0 Å². The van der Waals surface area contributed by atoms with Crippen molar-refractivity contribution in [3.8, 4) is 16.9 Å². The maximum absolute atomic E-state index is 6.27. The largest absolute Gasteiger partial charge is 0.236 e. The van der Waals surface area contributed by atoms with Gasteiger partial charge in [0.05, 0.1) is 16.4 Å². The normalized spacial score (nSPS) is 11.2. The smallest absolute Gasteiger partial charge is 0.156 e. The van der Waals surface area contributed by atoms with Gasteiger partial charge in [-0.05, 0) is 36.4 Å². The van der Waals surface area contributed by atoms with Gasteiger partial charge in [0.2, 0.25) is 0 Å². The van der Waals surface area contributed by atoms with Crippen LogP contribution >= 0.6 is 39.1 Å². The molecule has 3 nitrogen and oxygen atoms in total. The fourth-order valence-corrected chi connectivity index (χ4v) is 3.45. The van der Waals surface area contributed by atoms with E-state index in [0.717, 1.165) is 27.0 Å². The number of para-hydroxylation sites is 1. The van der Waals surface area contributed by atoms with Crippen LogP contribution in [0.4, 0.5) is 5.82 Å². The molecule has 0 atom stereocenters. The summed E-state index contributed by atoms with van der Waals surface area (Å²) in [4.78, 5) is 4.65. The van der Waals surface area contributed by atoms with Gasteiger partial charge in [0, 0.05) is 32.9 Å². The summed E-state index contributed by atoms with van der Waals surface area (Å²) in [6.07, 6.45) is 1.72. The van der Waals surface area contributed by atoms with Gasteiger partial charge < -0.3 is 0 Å². The fourth-order valence-electron chi connectivity index (χ4n) is 2.73. The highest BCUT2D eigenvalue weighted by Gasteiger charge is 2.11. The highest BCUT2D eigenvalue weighted by Crippen LogP contribution is 2.28. The van der Waals surface area contributed by atoms with Crippen LogP contribution in [0.5, 0.6) is 0 Å². The van der Waals surface area contributed by atoms with Crippen LogP contribution in [-0.2, 0) is 0 Å². The third-order valence-corrected chi connectivity index (χ3v) is 5.22. The Morgan fingerprint density at radius 3 is 2.36 bits per heavy atom. The third-order valence-electron chi connectivity index (χ3n) is 4.13. The molecule has 4 aromatic rings. The molecule has 0 aliphatic carbocycles. The number of hydrogen-bond donors (Lipinski definition) is 0. The molecule has 0 radical (unpaired) electrons. The summed E-state index contributed by atoms with van der Waals surface area (Å²) < 4.78 is 2.84. The fraction of sp³-hybridized carbons (Fsp3) is 0. The van der Waals surface area contributed by atoms with Crippen LogP contribution < -0.4 is 0 Å². The van der Waals surface area contributed by atoms with Gasteiger partial charge in [-0.15, -0.1) is 0 Å². The molecule has 0 saturated carbocycles. The van der Waals surface area contributed by atoms with Crippen LogP contribution in [0.3, 0.4) is 0 Å². The number of aliphatic imine (C=N–C) groups is 1. The molecule has 28 heavy (non-hydrogen) atoms. The van der Waals surface area contributed by atoms with E-state index in [9.17, 15) is 0 Å². The van der Waals surface area contributed by atoms with Crippen LogP contribution in [0.1, 0.15) is 5.56 Å². The molecule has 0 spiro atoms. The van der Waals surface area contributed by atoms with E-state index in [-0.39, 0.29) is 0 Å². The van der Waals surface area contributed by atoms with Gasteiger partial charge in [0.1, 0.15) is 0 Å². The first-order valence-corrected chi connectivity index (χ1v) is 10.1. The zero-order valence-electron chi connectivity index (χ0n) is 14.6. The minimum absolute atomic E-state index is 0.551. The average molecular weight is 471 g/mol. The summed E-state index contributed by atoms with van der Waals surface area (Å²) in [5, 5.41) is 5.91. The van der Waals surface area contributed by atoms with E-state index >= 15 is 0 Å². The number of halogens is 3. The Bertz CT molecular complexity index is 1140. The highest BCUT2D eigenvalue weighted by molar-refractivity contribution is 9.10. The molecule has 0 unspecified atom stereocenters. The lowest BCUT2D eigenvalue weighted by atomic mass is 10.1. The van der Waals surface area contributed by atoms with Crippen LogP contribution in [0.25, 0.3) is 16.9 Å². The number of benzene rings is 3. The number of rotatable bonds is 4. The van der Waals surface area contributed by atoms with E-state index in [1.54, 1.807) is 18.3 Å². The van der Waals surface area contributed by atoms with E-state index < -0.39 is 0 Å². The molecule has 0 aliphatic rings. The summed E-state index contributed by atoms with van der Waals surface area (Å²) in [6, 6.07) is 25.2. The van der Waals surface area contributed by atoms with Gasteiger partial charge >= 0.3 is 0 Å². The standard InChI is InChI=1S/C22H14BrCl2N3/c23-17-9-6-15(7-10-17)21-13-22(28(27-21)19-4-2-1-3-5-19)26-14-16-8-11-18(24)12-20(16)25/h1-14H/b26-14+. The first-order chi connectivity index (χ1) is 13.6. The third kappa shape index (κ3) is 4.20. The summed E-state index contributed by atoms with van der Waals surface area (Å²) in [5.74, 6) is 0.704. The molecule has 0 saturated heterocycles. The molecule has 6 heteroatoms. The number of hydrogen-bond acceptors (Lipinski definition) is 2. The second-order valence-corrected chi connectivity index (χ2v) is 7.83. The first kappa shape index (κ1) is 18.9. The number of nitrogens with zero attached hydrogens (tertiary/aromatic N) is 3. The van der Waals surface area contributed by atoms with E-state index in [1.807, 2.05) is 71.4 Å². The minimum atomic E-state index is 0.551. The van der Waals surface area contributed by atoms with Crippen molar-refractivity contribution in [2.24, 2.45) is 4.99 Å². The van der Waals surface area contributed by atoms with Crippen LogP contribution in [0.2, 0.25) is 10.0 Å². The molecule has 0 fully saturated rings. The molecular formula is C22H14BrCl2N3. The zero-order valence-corrected chi connectivity index (χ0v) is 17.7. The van der Waals surface area contributed by atoms with Gasteiger partial charge in [0.15, 0.2) is 5.82 Å². The molecule has 3 aromatic carbocycles. The zero-order chi connectivity index (χ0) is 19.5. The topological polar surface area (TPSA) is 30.2 Å². The van der Waals surface area contributed by atoms with Crippen molar-refractivity contribution in [2.45, 2.75) is 0 Å². The lowest BCUT2D eigenvalue weighted by Crippen LogP contribution is -1.96. The Morgan fingerprint density at radius 1 is 0.893 bits per heavy atom. The SMILES string of the molecule is Clc1ccc(/C=N/c2cc(-c3ccc(Br)cc3)nn2-c2ccccc2)c(Cl)c1. The van der Waals surface area contributed by atoms with Crippen molar-refractivity contribution in [2.75, 3.05) is 0 Å². The second kappa shape index (κ2) is 8.31. The molecule has 0 bridgehead atoms. The lowest BCUT2D eigenvalue weighted by molar-refractivity contribution is 0.885. The molecule has 1 aromatic heterocycles. The van der Waals surface area contributed by atoms with Gasteiger partial charge in [-0.2, -0.15) is 5.10 Å². The molecule has 4 rings (SSSR count). The van der Waals surface area contributed by atoms with Crippen LogP contribution in [0, 0.1) is 0 Å². The number of aromatic nitrogens is 2. The first-order valence-electron chi connectivity index (χ1n) is 8.51. The predicted molar refractivity (Wildman–Crippen MR) is 120 cm³/mol. The van der Waals surface area contributed by atoms with Gasteiger partial charge in [-0.3, -0.25) is 0 Å². The summed E-state index contributed by atoms with van der Waals surface area (Å²) in [7, 11) is 0. The maximum Gasteiger partial charge on any atom is 0.156 e. The summed E-state index contributed by atoms with van der Waals surface area (Å²) in [6.45, 7) is 0. The molecule has 0 aliphatic heterocycles. The predicted octanol–water partition coefficient (Wildman–Crippen LogP) is 7.36. The highest BCUT2D eigenvalue weighted by atomic mass is 79.9. The van der Waals surface area contributed by atoms with Crippen molar-refractivity contribution in [1.29, 1.82) is 0 Å². The van der Waals surface area contributed by atoms with Crippen molar-refractivity contribution >= 4 is 51.2 Å². The maximum atomic E-state index is 6.27. The van der Waals surface area contributed by atoms with Gasteiger partial charge in [-0.25, -0.2) is 9.67 Å². The molecule has 0 amide bonds. The van der Waals surface area contributed by atoms with Crippen molar-refractivity contribution in [3.63, 3.8) is 0 Å². The van der Waals surface area contributed by atoms with Crippen LogP contribution in [0.15, 0.2) is 88.3 Å². The Hall–Kier alpha value is -2.40. The molecule has 1 heterocycles. The van der Waals surface area contributed by atoms with Gasteiger partial charge in [0.25, 0.3) is 0 Å². The van der Waals surface area contributed by atoms with Gasteiger partial charge in [-0.1, -0.05) is 75.5 Å². The summed E-state index contributed by atoms with van der Waals surface area (Å²) in [5.41, 5.74) is 3.57. The minimum Gasteiger partial charge on any atom is -0.236 e. The van der Waals surface area contributed by atoms with Crippen molar-refractivity contribution in [1.82, 2.24) is 9.78 Å². The monoisotopic (exact) mass is 469 g/mol. The van der Waals surface area contributed by atoms with Crippen molar-refractivity contribution < 1.29 is 0 Å². The van der Waals surface area contributed by atoms with E-state index in [2.05, 4.69) is 20.9 Å². The average Bonchev–Trinajstić information content (AvgIpc) is 3.13. The molecule has 138 valence electrons. The van der Waals surface area contributed by atoms with Crippen molar-refractivity contribution in [3.05, 3.63) is 98.9 Å². The van der Waals surface area contributed by atoms with E-state index in [4.69, 9.17) is 28.3 Å². The Labute approximate surface area is 181 Å². The molecule has 0 N–H and O–H groups in total. The summed E-state index contributed by atoms with van der Waals surface area (Å²) >= 11 is 15.7. The Kier molecular flexibility index (Phi) is 5.62. The van der Waals surface area contributed by atoms with E-state index in [0.29, 0.717) is 15.9 Å². The Morgan fingerprint density at radius 2 is 1.64 bits per heavy atom. The quantitative estimate of drug-likeness (QED) is 0.286. The second-order valence-electron chi connectivity index (χ2n) is 6.07.